The predicted molar refractivity (Wildman–Crippen MR) is 63.2 cm³/mol. The van der Waals surface area contributed by atoms with Crippen LogP contribution in [0.25, 0.3) is 0 Å². The third-order valence-corrected chi connectivity index (χ3v) is 3.12. The number of nitrogens with two attached hydrogens (primary N) is 1. The Hall–Kier alpha value is -1.82. The molecule has 0 aliphatic carbocycles. The van der Waals surface area contributed by atoms with Crippen LogP contribution in [0.15, 0.2) is 18.3 Å². The molecule has 0 unspecified atom stereocenters. The molecule has 2 aromatic heterocycles. The molecule has 2 heterocycles. The number of nitrogen functional groups attached to an aromatic ring is 1. The topological polar surface area (TPSA) is 83.8 Å². The van der Waals surface area contributed by atoms with Gasteiger partial charge in [-0.2, -0.15) is 5.10 Å². The number of carbonyl (C=O) groups excluding carboxylic acids is 1. The molecule has 16 heavy (non-hydrogen) atoms. The van der Waals surface area contributed by atoms with Crippen molar-refractivity contribution < 1.29 is 4.79 Å². The van der Waals surface area contributed by atoms with Crippen molar-refractivity contribution in [3.63, 3.8) is 0 Å². The van der Waals surface area contributed by atoms with Gasteiger partial charge in [-0.1, -0.05) is 0 Å². The van der Waals surface area contributed by atoms with Crippen molar-refractivity contribution >= 4 is 22.9 Å². The first-order chi connectivity index (χ1) is 7.66. The fourth-order valence-corrected chi connectivity index (χ4v) is 2.14. The Bertz CT molecular complexity index is 502. The van der Waals surface area contributed by atoms with E-state index >= 15 is 0 Å². The molecular weight excluding hydrogens is 224 g/mol. The third-order valence-electron chi connectivity index (χ3n) is 2.11. The minimum Gasteiger partial charge on any atom is -0.396 e. The number of thiophene rings is 1. The van der Waals surface area contributed by atoms with Gasteiger partial charge in [0, 0.05) is 9.75 Å². The molecular formula is C10H12N4OS. The summed E-state index contributed by atoms with van der Waals surface area (Å²) in [5.74, 6) is -0.235. The molecule has 0 aliphatic rings. The Labute approximate surface area is 96.7 Å². The van der Waals surface area contributed by atoms with Gasteiger partial charge in [0.25, 0.3) is 5.91 Å². The zero-order valence-electron chi connectivity index (χ0n) is 8.78. The number of H-pyrrole nitrogens is 1. The largest absolute Gasteiger partial charge is 0.396 e. The van der Waals surface area contributed by atoms with E-state index in [0.717, 1.165) is 4.88 Å². The quantitative estimate of drug-likeness (QED) is 0.750. The van der Waals surface area contributed by atoms with Crippen molar-refractivity contribution in [2.45, 2.75) is 13.5 Å². The van der Waals surface area contributed by atoms with Crippen molar-refractivity contribution in [1.29, 1.82) is 0 Å². The lowest BCUT2D eigenvalue weighted by molar-refractivity contribution is 0.0947. The minimum atomic E-state index is -0.235. The molecule has 2 aromatic rings. The summed E-state index contributed by atoms with van der Waals surface area (Å²) < 4.78 is 0. The summed E-state index contributed by atoms with van der Waals surface area (Å²) in [6.45, 7) is 2.54. The van der Waals surface area contributed by atoms with Crippen LogP contribution in [0.3, 0.4) is 0 Å². The molecule has 4 N–H and O–H groups in total. The van der Waals surface area contributed by atoms with Crippen LogP contribution in [-0.4, -0.2) is 16.1 Å². The van der Waals surface area contributed by atoms with E-state index in [4.69, 9.17) is 5.73 Å². The van der Waals surface area contributed by atoms with E-state index in [1.807, 2.05) is 19.1 Å². The second kappa shape index (κ2) is 4.36. The van der Waals surface area contributed by atoms with Gasteiger partial charge in [-0.3, -0.25) is 9.89 Å². The molecule has 84 valence electrons. The molecule has 0 aliphatic heterocycles. The maximum atomic E-state index is 11.6. The van der Waals surface area contributed by atoms with Crippen molar-refractivity contribution in [2.75, 3.05) is 5.73 Å². The highest BCUT2D eigenvalue weighted by molar-refractivity contribution is 7.11. The molecule has 0 bridgehead atoms. The second-order valence-corrected chi connectivity index (χ2v) is 4.77. The van der Waals surface area contributed by atoms with Gasteiger partial charge in [-0.25, -0.2) is 0 Å². The Morgan fingerprint density at radius 2 is 2.44 bits per heavy atom. The maximum absolute atomic E-state index is 11.6. The second-order valence-electron chi connectivity index (χ2n) is 3.40. The zero-order chi connectivity index (χ0) is 11.5. The molecule has 0 radical (unpaired) electrons. The average Bonchev–Trinajstić information content (AvgIpc) is 2.84. The van der Waals surface area contributed by atoms with Crippen LogP contribution < -0.4 is 11.1 Å². The lowest BCUT2D eigenvalue weighted by Gasteiger charge is -2.01. The highest BCUT2D eigenvalue weighted by Crippen LogP contribution is 2.14. The van der Waals surface area contributed by atoms with Crippen LogP contribution in [-0.2, 0) is 6.54 Å². The van der Waals surface area contributed by atoms with Gasteiger partial charge in [0.05, 0.1) is 18.4 Å². The molecule has 5 nitrogen and oxygen atoms in total. The van der Waals surface area contributed by atoms with Gasteiger partial charge in [0.2, 0.25) is 0 Å². The van der Waals surface area contributed by atoms with Crippen molar-refractivity contribution in [3.8, 4) is 0 Å². The fourth-order valence-electron chi connectivity index (χ4n) is 1.31. The summed E-state index contributed by atoms with van der Waals surface area (Å²) in [6, 6.07) is 4.02. The van der Waals surface area contributed by atoms with Crippen LogP contribution in [0, 0.1) is 6.92 Å². The van der Waals surface area contributed by atoms with Crippen LogP contribution in [0.5, 0.6) is 0 Å². The first kappa shape index (κ1) is 10.7. The number of aryl methyl sites for hydroxylation is 1. The van der Waals surface area contributed by atoms with Crippen molar-refractivity contribution in [3.05, 3.63) is 33.8 Å². The number of rotatable bonds is 3. The molecule has 0 fully saturated rings. The van der Waals surface area contributed by atoms with Crippen molar-refractivity contribution in [2.24, 2.45) is 0 Å². The van der Waals surface area contributed by atoms with E-state index in [9.17, 15) is 4.79 Å². The number of carbonyl (C=O) groups is 1. The molecule has 6 heteroatoms. The molecule has 0 aromatic carbocycles. The molecule has 0 spiro atoms. The SMILES string of the molecule is Cc1ccc(CNC(=O)c2[nH]ncc2N)s1. The first-order valence-corrected chi connectivity index (χ1v) is 5.61. The third kappa shape index (κ3) is 2.22. The summed E-state index contributed by atoms with van der Waals surface area (Å²) in [6.07, 6.45) is 1.42. The van der Waals surface area contributed by atoms with E-state index < -0.39 is 0 Å². The number of anilines is 1. The molecule has 0 atom stereocenters. The van der Waals surface area contributed by atoms with E-state index in [-0.39, 0.29) is 5.91 Å². The summed E-state index contributed by atoms with van der Waals surface area (Å²) >= 11 is 1.66. The van der Waals surface area contributed by atoms with Crippen LogP contribution in [0.1, 0.15) is 20.2 Å². The van der Waals surface area contributed by atoms with E-state index in [1.165, 1.54) is 11.1 Å². The van der Waals surface area contributed by atoms with E-state index in [1.54, 1.807) is 11.3 Å². The van der Waals surface area contributed by atoms with Gasteiger partial charge in [-0.15, -0.1) is 11.3 Å². The molecule has 1 amide bonds. The standard InChI is InChI=1S/C10H12N4OS/c1-6-2-3-7(16-6)4-12-10(15)9-8(11)5-13-14-9/h2-3,5H,4,11H2,1H3,(H,12,15)(H,13,14). The number of aromatic amines is 1. The lowest BCUT2D eigenvalue weighted by Crippen LogP contribution is -2.23. The Morgan fingerprint density at radius 3 is 3.00 bits per heavy atom. The van der Waals surface area contributed by atoms with Crippen molar-refractivity contribution in [1.82, 2.24) is 15.5 Å². The van der Waals surface area contributed by atoms with Gasteiger partial charge in [0.15, 0.2) is 0 Å². The lowest BCUT2D eigenvalue weighted by atomic mass is 10.3. The van der Waals surface area contributed by atoms with E-state index in [2.05, 4.69) is 15.5 Å². The average molecular weight is 236 g/mol. The van der Waals surface area contributed by atoms with Crippen LogP contribution >= 0.6 is 11.3 Å². The molecule has 0 saturated heterocycles. The van der Waals surface area contributed by atoms with Gasteiger partial charge in [-0.05, 0) is 19.1 Å². The first-order valence-electron chi connectivity index (χ1n) is 4.79. The maximum Gasteiger partial charge on any atom is 0.271 e. The summed E-state index contributed by atoms with van der Waals surface area (Å²) in [7, 11) is 0. The predicted octanol–water partition coefficient (Wildman–Crippen LogP) is 1.29. The Balaban J connectivity index is 1.96. The number of nitrogens with zero attached hydrogens (tertiary/aromatic N) is 1. The molecule has 0 saturated carbocycles. The van der Waals surface area contributed by atoms with Gasteiger partial charge in [0.1, 0.15) is 5.69 Å². The highest BCUT2D eigenvalue weighted by Gasteiger charge is 2.11. The number of hydrogen-bond acceptors (Lipinski definition) is 4. The van der Waals surface area contributed by atoms with E-state index in [0.29, 0.717) is 17.9 Å². The Morgan fingerprint density at radius 1 is 1.62 bits per heavy atom. The Kier molecular flexibility index (Phi) is 2.91. The molecule has 2 rings (SSSR count). The normalized spacial score (nSPS) is 10.3. The smallest absolute Gasteiger partial charge is 0.271 e. The van der Waals surface area contributed by atoms with Crippen LogP contribution in [0.2, 0.25) is 0 Å². The van der Waals surface area contributed by atoms with Crippen LogP contribution in [0.4, 0.5) is 5.69 Å². The summed E-state index contributed by atoms with van der Waals surface area (Å²) in [5, 5.41) is 9.03. The summed E-state index contributed by atoms with van der Waals surface area (Å²) in [4.78, 5) is 14.0. The summed E-state index contributed by atoms with van der Waals surface area (Å²) in [5.41, 5.74) is 6.24. The number of amides is 1. The minimum absolute atomic E-state index is 0.235. The van der Waals surface area contributed by atoms with Gasteiger partial charge >= 0.3 is 0 Å². The number of aromatic nitrogens is 2. The highest BCUT2D eigenvalue weighted by atomic mass is 32.1. The fraction of sp³-hybridized carbons (Fsp3) is 0.200. The van der Waals surface area contributed by atoms with Gasteiger partial charge < -0.3 is 11.1 Å². The number of nitrogens with one attached hydrogen (secondary N) is 2. The number of hydrogen-bond donors (Lipinski definition) is 3. The zero-order valence-corrected chi connectivity index (χ0v) is 9.60. The monoisotopic (exact) mass is 236 g/mol.